The molecule has 0 aromatic rings. The second kappa shape index (κ2) is 12.8. The Kier molecular flexibility index (Phi) is 12.4. The minimum absolute atomic E-state index is 0.100. The average molecular weight is 258 g/mol. The standard InChI is InChI=1S/C14H30N2O2/c1-4-5-6-7-9-16-14(17)8-11-18-12-10-15-13(2)3/h13,15H,4-12H2,1-3H3,(H,16,17). The molecule has 0 atom stereocenters. The average Bonchev–Trinajstić information content (AvgIpc) is 2.33. The Morgan fingerprint density at radius 1 is 1.11 bits per heavy atom. The molecule has 0 bridgehead atoms. The van der Waals surface area contributed by atoms with E-state index in [4.69, 9.17) is 4.74 Å². The molecule has 0 aliphatic heterocycles. The van der Waals surface area contributed by atoms with Crippen molar-refractivity contribution in [2.24, 2.45) is 0 Å². The molecule has 0 unspecified atom stereocenters. The number of unbranched alkanes of at least 4 members (excludes halogenated alkanes) is 3. The highest BCUT2D eigenvalue weighted by molar-refractivity contribution is 5.75. The second-order valence-electron chi connectivity index (χ2n) is 4.88. The van der Waals surface area contributed by atoms with Crippen molar-refractivity contribution in [3.05, 3.63) is 0 Å². The third-order valence-electron chi connectivity index (χ3n) is 2.62. The van der Waals surface area contributed by atoms with Gasteiger partial charge in [-0.2, -0.15) is 0 Å². The minimum atomic E-state index is 0.100. The fourth-order valence-corrected chi connectivity index (χ4v) is 1.55. The van der Waals surface area contributed by atoms with E-state index in [2.05, 4.69) is 31.4 Å². The summed E-state index contributed by atoms with van der Waals surface area (Å²) in [5.41, 5.74) is 0. The molecule has 0 fully saturated rings. The molecule has 0 aliphatic rings. The summed E-state index contributed by atoms with van der Waals surface area (Å²) in [6.07, 6.45) is 5.23. The first-order valence-corrected chi connectivity index (χ1v) is 7.24. The van der Waals surface area contributed by atoms with Gasteiger partial charge in [0.2, 0.25) is 5.91 Å². The van der Waals surface area contributed by atoms with Gasteiger partial charge in [0.05, 0.1) is 13.2 Å². The van der Waals surface area contributed by atoms with Crippen molar-refractivity contribution in [1.29, 1.82) is 0 Å². The lowest BCUT2D eigenvalue weighted by atomic mass is 10.2. The van der Waals surface area contributed by atoms with E-state index in [0.717, 1.165) is 19.5 Å². The largest absolute Gasteiger partial charge is 0.380 e. The summed E-state index contributed by atoms with van der Waals surface area (Å²) in [5.74, 6) is 0.100. The number of rotatable bonds is 12. The molecule has 108 valence electrons. The van der Waals surface area contributed by atoms with Crippen molar-refractivity contribution in [2.45, 2.75) is 58.9 Å². The van der Waals surface area contributed by atoms with Crippen LogP contribution < -0.4 is 10.6 Å². The zero-order valence-electron chi connectivity index (χ0n) is 12.3. The summed E-state index contributed by atoms with van der Waals surface area (Å²) in [4.78, 5) is 11.4. The van der Waals surface area contributed by atoms with Crippen LogP contribution in [-0.2, 0) is 9.53 Å². The van der Waals surface area contributed by atoms with Crippen molar-refractivity contribution in [3.8, 4) is 0 Å². The molecule has 2 N–H and O–H groups in total. The van der Waals surface area contributed by atoms with Crippen molar-refractivity contribution >= 4 is 5.91 Å². The van der Waals surface area contributed by atoms with Crippen molar-refractivity contribution in [1.82, 2.24) is 10.6 Å². The topological polar surface area (TPSA) is 50.4 Å². The third-order valence-corrected chi connectivity index (χ3v) is 2.62. The van der Waals surface area contributed by atoms with Crippen LogP contribution in [0.25, 0.3) is 0 Å². The summed E-state index contributed by atoms with van der Waals surface area (Å²) in [5, 5.41) is 6.18. The lowest BCUT2D eigenvalue weighted by Crippen LogP contribution is -2.28. The predicted octanol–water partition coefficient (Wildman–Crippen LogP) is 2.09. The molecule has 0 spiro atoms. The Morgan fingerprint density at radius 3 is 2.56 bits per heavy atom. The molecule has 0 rings (SSSR count). The summed E-state index contributed by atoms with van der Waals surface area (Å²) < 4.78 is 5.38. The Hall–Kier alpha value is -0.610. The zero-order chi connectivity index (χ0) is 13.6. The van der Waals surface area contributed by atoms with Gasteiger partial charge in [0.15, 0.2) is 0 Å². The Balaban J connectivity index is 3.17. The minimum Gasteiger partial charge on any atom is -0.380 e. The van der Waals surface area contributed by atoms with Crippen LogP contribution in [-0.4, -0.2) is 38.3 Å². The molecule has 4 heteroatoms. The van der Waals surface area contributed by atoms with E-state index in [1.165, 1.54) is 19.3 Å². The SMILES string of the molecule is CCCCCCNC(=O)CCOCCNC(C)C. The van der Waals surface area contributed by atoms with Crippen LogP contribution in [0.4, 0.5) is 0 Å². The molecular weight excluding hydrogens is 228 g/mol. The van der Waals surface area contributed by atoms with Gasteiger partial charge >= 0.3 is 0 Å². The smallest absolute Gasteiger partial charge is 0.222 e. The zero-order valence-corrected chi connectivity index (χ0v) is 12.3. The van der Waals surface area contributed by atoms with Gasteiger partial charge in [-0.25, -0.2) is 0 Å². The summed E-state index contributed by atoms with van der Waals surface area (Å²) in [6.45, 7) is 9.22. The van der Waals surface area contributed by atoms with E-state index in [-0.39, 0.29) is 5.91 Å². The monoisotopic (exact) mass is 258 g/mol. The van der Waals surface area contributed by atoms with E-state index in [0.29, 0.717) is 25.7 Å². The summed E-state index contributed by atoms with van der Waals surface area (Å²) in [6, 6.07) is 0.486. The molecule has 18 heavy (non-hydrogen) atoms. The maximum Gasteiger partial charge on any atom is 0.222 e. The maximum atomic E-state index is 11.4. The second-order valence-corrected chi connectivity index (χ2v) is 4.88. The van der Waals surface area contributed by atoms with Gasteiger partial charge in [-0.1, -0.05) is 40.0 Å². The van der Waals surface area contributed by atoms with Gasteiger partial charge in [0.25, 0.3) is 0 Å². The first-order valence-electron chi connectivity index (χ1n) is 7.24. The summed E-state index contributed by atoms with van der Waals surface area (Å²) >= 11 is 0. The number of carbonyl (C=O) groups is 1. The van der Waals surface area contributed by atoms with Gasteiger partial charge in [-0.3, -0.25) is 4.79 Å². The van der Waals surface area contributed by atoms with Crippen LogP contribution in [0.1, 0.15) is 52.9 Å². The molecule has 4 nitrogen and oxygen atoms in total. The van der Waals surface area contributed by atoms with Crippen LogP contribution >= 0.6 is 0 Å². The van der Waals surface area contributed by atoms with E-state index in [1.807, 2.05) is 0 Å². The molecular formula is C14H30N2O2. The Bertz CT molecular complexity index is 196. The molecule has 0 aromatic heterocycles. The van der Waals surface area contributed by atoms with E-state index in [1.54, 1.807) is 0 Å². The van der Waals surface area contributed by atoms with E-state index in [9.17, 15) is 4.79 Å². The van der Waals surface area contributed by atoms with Crippen LogP contribution in [0.15, 0.2) is 0 Å². The molecule has 1 amide bonds. The fourth-order valence-electron chi connectivity index (χ4n) is 1.55. The Morgan fingerprint density at radius 2 is 1.89 bits per heavy atom. The quantitative estimate of drug-likeness (QED) is 0.527. The number of carbonyl (C=O) groups excluding carboxylic acids is 1. The van der Waals surface area contributed by atoms with Gasteiger partial charge in [-0.05, 0) is 6.42 Å². The van der Waals surface area contributed by atoms with Gasteiger partial charge in [-0.15, -0.1) is 0 Å². The Labute approximate surface area is 112 Å². The molecule has 0 saturated carbocycles. The highest BCUT2D eigenvalue weighted by atomic mass is 16.5. The molecule has 0 radical (unpaired) electrons. The number of hydrogen-bond donors (Lipinski definition) is 2. The van der Waals surface area contributed by atoms with Gasteiger partial charge in [0.1, 0.15) is 0 Å². The predicted molar refractivity (Wildman–Crippen MR) is 75.7 cm³/mol. The number of ether oxygens (including phenoxy) is 1. The molecule has 0 heterocycles. The number of amides is 1. The van der Waals surface area contributed by atoms with Crippen molar-refractivity contribution in [2.75, 3.05) is 26.3 Å². The van der Waals surface area contributed by atoms with Crippen LogP contribution in [0, 0.1) is 0 Å². The fraction of sp³-hybridized carbons (Fsp3) is 0.929. The van der Waals surface area contributed by atoms with Crippen LogP contribution in [0.5, 0.6) is 0 Å². The molecule has 0 saturated heterocycles. The van der Waals surface area contributed by atoms with E-state index < -0.39 is 0 Å². The normalized spacial score (nSPS) is 10.9. The third kappa shape index (κ3) is 13.5. The maximum absolute atomic E-state index is 11.4. The lowest BCUT2D eigenvalue weighted by Gasteiger charge is -2.08. The van der Waals surface area contributed by atoms with Crippen molar-refractivity contribution < 1.29 is 9.53 Å². The first kappa shape index (κ1) is 17.4. The highest BCUT2D eigenvalue weighted by Crippen LogP contribution is 1.97. The summed E-state index contributed by atoms with van der Waals surface area (Å²) in [7, 11) is 0. The molecule has 0 aliphatic carbocycles. The van der Waals surface area contributed by atoms with Crippen molar-refractivity contribution in [3.63, 3.8) is 0 Å². The number of nitrogens with one attached hydrogen (secondary N) is 2. The van der Waals surface area contributed by atoms with Gasteiger partial charge in [0, 0.05) is 25.6 Å². The number of hydrogen-bond acceptors (Lipinski definition) is 3. The molecule has 0 aromatic carbocycles. The highest BCUT2D eigenvalue weighted by Gasteiger charge is 2.00. The van der Waals surface area contributed by atoms with E-state index >= 15 is 0 Å². The first-order chi connectivity index (χ1) is 8.66. The van der Waals surface area contributed by atoms with Crippen LogP contribution in [0.3, 0.4) is 0 Å². The lowest BCUT2D eigenvalue weighted by molar-refractivity contribution is -0.122. The van der Waals surface area contributed by atoms with Gasteiger partial charge < -0.3 is 15.4 Å². The van der Waals surface area contributed by atoms with Crippen LogP contribution in [0.2, 0.25) is 0 Å².